The molecule has 2 aromatic rings. The van der Waals surface area contributed by atoms with Crippen molar-refractivity contribution in [3.8, 4) is 5.75 Å². The summed E-state index contributed by atoms with van der Waals surface area (Å²) < 4.78 is 7.25. The number of hydrogen-bond acceptors (Lipinski definition) is 3. The van der Waals surface area contributed by atoms with Crippen LogP contribution in [-0.4, -0.2) is 21.8 Å². The molecule has 94 valence electrons. The van der Waals surface area contributed by atoms with Crippen LogP contribution in [0.25, 0.3) is 0 Å². The molecule has 2 unspecified atom stereocenters. The summed E-state index contributed by atoms with van der Waals surface area (Å²) in [5.74, 6) is 1.72. The Morgan fingerprint density at radius 1 is 1.44 bits per heavy atom. The molecule has 0 saturated heterocycles. The monoisotopic (exact) mass is 244 g/mol. The Hall–Kier alpha value is -1.81. The molecule has 4 heteroatoms. The van der Waals surface area contributed by atoms with Gasteiger partial charge >= 0.3 is 0 Å². The molecule has 0 radical (unpaired) electrons. The molecule has 1 aromatic heterocycles. The zero-order chi connectivity index (χ0) is 12.7. The Kier molecular flexibility index (Phi) is 2.59. The Morgan fingerprint density at radius 3 is 2.94 bits per heavy atom. The van der Waals surface area contributed by atoms with E-state index < -0.39 is 6.10 Å². The quantitative estimate of drug-likeness (QED) is 0.879. The zero-order valence-electron chi connectivity index (χ0n) is 10.5. The molecule has 0 spiro atoms. The summed E-state index contributed by atoms with van der Waals surface area (Å²) in [6, 6.07) is 5.93. The predicted molar refractivity (Wildman–Crippen MR) is 67.7 cm³/mol. The Morgan fingerprint density at radius 2 is 2.28 bits per heavy atom. The van der Waals surface area contributed by atoms with Crippen LogP contribution in [0.1, 0.15) is 29.1 Å². The molecule has 18 heavy (non-hydrogen) atoms. The first-order valence-corrected chi connectivity index (χ1v) is 6.05. The van der Waals surface area contributed by atoms with Gasteiger partial charge in [-0.25, -0.2) is 4.98 Å². The summed E-state index contributed by atoms with van der Waals surface area (Å²) in [6.45, 7) is 1.95. The molecule has 2 atom stereocenters. The van der Waals surface area contributed by atoms with Gasteiger partial charge in [-0.1, -0.05) is 6.07 Å². The second-order valence-corrected chi connectivity index (χ2v) is 4.66. The number of rotatable bonds is 2. The number of aryl methyl sites for hydroxylation is 1. The molecular formula is C14H16N2O2. The minimum absolute atomic E-state index is 0.0367. The fourth-order valence-electron chi connectivity index (χ4n) is 2.69. The van der Waals surface area contributed by atoms with Crippen molar-refractivity contribution in [2.45, 2.75) is 25.5 Å². The summed E-state index contributed by atoms with van der Waals surface area (Å²) in [4.78, 5) is 4.22. The SMILES string of the molecule is COc1ccc2c(c1)C(O)C(n1ccnc1C)C2. The summed E-state index contributed by atoms with van der Waals surface area (Å²) in [7, 11) is 1.64. The molecule has 1 N–H and O–H groups in total. The van der Waals surface area contributed by atoms with Crippen molar-refractivity contribution in [2.75, 3.05) is 7.11 Å². The molecule has 1 aliphatic carbocycles. The number of methoxy groups -OCH3 is 1. The van der Waals surface area contributed by atoms with Crippen LogP contribution in [0.2, 0.25) is 0 Å². The third kappa shape index (κ3) is 1.61. The van der Waals surface area contributed by atoms with E-state index in [2.05, 4.69) is 4.98 Å². The van der Waals surface area contributed by atoms with E-state index in [1.54, 1.807) is 13.3 Å². The van der Waals surface area contributed by atoms with E-state index in [4.69, 9.17) is 4.74 Å². The highest BCUT2D eigenvalue weighted by molar-refractivity contribution is 5.41. The lowest BCUT2D eigenvalue weighted by Gasteiger charge is -2.18. The van der Waals surface area contributed by atoms with E-state index >= 15 is 0 Å². The zero-order valence-corrected chi connectivity index (χ0v) is 10.5. The van der Waals surface area contributed by atoms with Gasteiger partial charge in [-0.15, -0.1) is 0 Å². The van der Waals surface area contributed by atoms with Gasteiger partial charge in [0.25, 0.3) is 0 Å². The van der Waals surface area contributed by atoms with Crippen LogP contribution >= 0.6 is 0 Å². The van der Waals surface area contributed by atoms with Crippen LogP contribution in [0.4, 0.5) is 0 Å². The number of hydrogen-bond donors (Lipinski definition) is 1. The van der Waals surface area contributed by atoms with E-state index in [1.807, 2.05) is 35.9 Å². The lowest BCUT2D eigenvalue weighted by atomic mass is 10.1. The van der Waals surface area contributed by atoms with E-state index in [0.29, 0.717) is 0 Å². The minimum Gasteiger partial charge on any atom is -0.497 e. The number of imidazole rings is 1. The number of nitrogens with zero attached hydrogens (tertiary/aromatic N) is 2. The number of aliphatic hydroxyl groups is 1. The van der Waals surface area contributed by atoms with E-state index in [1.165, 1.54) is 5.56 Å². The number of aromatic nitrogens is 2. The number of benzene rings is 1. The van der Waals surface area contributed by atoms with Crippen LogP contribution in [-0.2, 0) is 6.42 Å². The molecule has 1 aliphatic rings. The predicted octanol–water partition coefficient (Wildman–Crippen LogP) is 2.03. The maximum absolute atomic E-state index is 10.5. The standard InChI is InChI=1S/C14H16N2O2/c1-9-15-5-6-16(9)13-7-10-3-4-11(18-2)8-12(10)14(13)17/h3-6,8,13-14,17H,7H2,1-2H3. The van der Waals surface area contributed by atoms with Crippen molar-refractivity contribution in [2.24, 2.45) is 0 Å². The highest BCUT2D eigenvalue weighted by Gasteiger charge is 2.32. The van der Waals surface area contributed by atoms with Gasteiger partial charge in [-0.2, -0.15) is 0 Å². The fraction of sp³-hybridized carbons (Fsp3) is 0.357. The van der Waals surface area contributed by atoms with Gasteiger partial charge in [0.15, 0.2) is 0 Å². The molecule has 3 rings (SSSR count). The van der Waals surface area contributed by atoms with E-state index in [-0.39, 0.29) is 6.04 Å². The summed E-state index contributed by atoms with van der Waals surface area (Å²) >= 11 is 0. The maximum atomic E-state index is 10.5. The molecule has 1 aromatic carbocycles. The van der Waals surface area contributed by atoms with Crippen molar-refractivity contribution in [3.63, 3.8) is 0 Å². The first-order valence-electron chi connectivity index (χ1n) is 6.05. The van der Waals surface area contributed by atoms with Crippen molar-refractivity contribution in [1.29, 1.82) is 0 Å². The molecule has 1 heterocycles. The highest BCUT2D eigenvalue weighted by Crippen LogP contribution is 2.41. The molecular weight excluding hydrogens is 228 g/mol. The largest absolute Gasteiger partial charge is 0.497 e. The molecule has 0 fully saturated rings. The summed E-state index contributed by atoms with van der Waals surface area (Å²) in [5.41, 5.74) is 2.15. The highest BCUT2D eigenvalue weighted by atomic mass is 16.5. The average Bonchev–Trinajstić information content (AvgIpc) is 2.93. The lowest BCUT2D eigenvalue weighted by Crippen LogP contribution is -2.14. The molecule has 0 bridgehead atoms. The van der Waals surface area contributed by atoms with Gasteiger partial charge in [-0.3, -0.25) is 0 Å². The minimum atomic E-state index is -0.497. The van der Waals surface area contributed by atoms with Crippen LogP contribution in [0.5, 0.6) is 5.75 Å². The van der Waals surface area contributed by atoms with Gasteiger partial charge in [0.05, 0.1) is 13.2 Å². The number of fused-ring (bicyclic) bond motifs is 1. The molecule has 0 amide bonds. The van der Waals surface area contributed by atoms with Crippen molar-refractivity contribution in [3.05, 3.63) is 47.5 Å². The van der Waals surface area contributed by atoms with Crippen molar-refractivity contribution < 1.29 is 9.84 Å². The molecule has 0 saturated carbocycles. The van der Waals surface area contributed by atoms with Gasteiger partial charge < -0.3 is 14.4 Å². The van der Waals surface area contributed by atoms with Crippen molar-refractivity contribution >= 4 is 0 Å². The van der Waals surface area contributed by atoms with Gasteiger partial charge in [0, 0.05) is 12.4 Å². The smallest absolute Gasteiger partial charge is 0.119 e. The van der Waals surface area contributed by atoms with Gasteiger partial charge in [-0.05, 0) is 36.6 Å². The summed E-state index contributed by atoms with van der Waals surface area (Å²) in [6.07, 6.45) is 4.03. The number of ether oxygens (including phenoxy) is 1. The second kappa shape index (κ2) is 4.14. The second-order valence-electron chi connectivity index (χ2n) is 4.66. The summed E-state index contributed by atoms with van der Waals surface area (Å²) in [5, 5.41) is 10.5. The number of aliphatic hydroxyl groups excluding tert-OH is 1. The van der Waals surface area contributed by atoms with Crippen molar-refractivity contribution in [1.82, 2.24) is 9.55 Å². The molecule has 0 aliphatic heterocycles. The topological polar surface area (TPSA) is 47.3 Å². The average molecular weight is 244 g/mol. The lowest BCUT2D eigenvalue weighted by molar-refractivity contribution is 0.126. The van der Waals surface area contributed by atoms with E-state index in [9.17, 15) is 5.11 Å². The first-order chi connectivity index (χ1) is 8.70. The Bertz CT molecular complexity index is 577. The van der Waals surface area contributed by atoms with Crippen LogP contribution in [0, 0.1) is 6.92 Å². The molecule has 4 nitrogen and oxygen atoms in total. The van der Waals surface area contributed by atoms with Crippen LogP contribution in [0.3, 0.4) is 0 Å². The Labute approximate surface area is 106 Å². The van der Waals surface area contributed by atoms with Gasteiger partial charge in [0.2, 0.25) is 0 Å². The van der Waals surface area contributed by atoms with Crippen LogP contribution < -0.4 is 4.74 Å². The fourth-order valence-corrected chi connectivity index (χ4v) is 2.69. The third-order valence-corrected chi connectivity index (χ3v) is 3.68. The normalized spacial score (nSPS) is 21.9. The van der Waals surface area contributed by atoms with Gasteiger partial charge in [0.1, 0.15) is 17.7 Å². The maximum Gasteiger partial charge on any atom is 0.119 e. The first kappa shape index (κ1) is 11.3. The Balaban J connectivity index is 1.99. The van der Waals surface area contributed by atoms with Crippen LogP contribution in [0.15, 0.2) is 30.6 Å². The third-order valence-electron chi connectivity index (χ3n) is 3.68. The van der Waals surface area contributed by atoms with E-state index in [0.717, 1.165) is 23.6 Å².